The fraction of sp³-hybridized carbons (Fsp3) is 0.429. The van der Waals surface area contributed by atoms with Crippen LogP contribution in [0.25, 0.3) is 0 Å². The van der Waals surface area contributed by atoms with Crippen molar-refractivity contribution in [3.05, 3.63) is 59.4 Å². The first-order valence-electron chi connectivity index (χ1n) is 9.96. The van der Waals surface area contributed by atoms with Gasteiger partial charge in [0.1, 0.15) is 6.61 Å². The van der Waals surface area contributed by atoms with Gasteiger partial charge in [-0.1, -0.05) is 24.1 Å². The number of hydrogen-bond acceptors (Lipinski definition) is 5. The monoisotopic (exact) mass is 451 g/mol. The molecule has 0 bridgehead atoms. The van der Waals surface area contributed by atoms with Gasteiger partial charge in [0.25, 0.3) is 0 Å². The second kappa shape index (κ2) is 10.2. The van der Waals surface area contributed by atoms with Gasteiger partial charge in [-0.15, -0.1) is 0 Å². The third-order valence-electron chi connectivity index (χ3n) is 5.16. The van der Waals surface area contributed by atoms with Crippen molar-refractivity contribution in [2.75, 3.05) is 13.2 Å². The molecule has 0 radical (unpaired) electrons. The largest absolute Gasteiger partial charge is 0.448 e. The van der Waals surface area contributed by atoms with Crippen LogP contribution in [0.1, 0.15) is 31.7 Å². The molecule has 30 heavy (non-hydrogen) atoms. The number of rotatable bonds is 7. The zero-order chi connectivity index (χ0) is 21.6. The number of sulfonamides is 1. The number of hydrogen-bond donors (Lipinski definition) is 1. The SMILES string of the molecule is C[C@@H]1CCC[C@H](COC(=O)NCCc2cccnc2)N1S(=O)(=O)c1ccc(Cl)cc1. The third-order valence-corrected chi connectivity index (χ3v) is 7.49. The van der Waals surface area contributed by atoms with E-state index in [-0.39, 0.29) is 17.5 Å². The van der Waals surface area contributed by atoms with Crippen LogP contribution in [0.5, 0.6) is 0 Å². The Hall–Kier alpha value is -2.16. The average Bonchev–Trinajstić information content (AvgIpc) is 2.73. The predicted molar refractivity (Wildman–Crippen MR) is 115 cm³/mol. The van der Waals surface area contributed by atoms with Gasteiger partial charge in [-0.3, -0.25) is 4.98 Å². The lowest BCUT2D eigenvalue weighted by atomic mass is 10.0. The normalized spacial score (nSPS) is 19.9. The minimum atomic E-state index is -3.72. The van der Waals surface area contributed by atoms with Crippen molar-refractivity contribution >= 4 is 27.7 Å². The number of benzene rings is 1. The Bertz CT molecular complexity index is 938. The molecule has 2 aromatic rings. The Balaban J connectivity index is 1.59. The average molecular weight is 452 g/mol. The molecule has 1 N–H and O–H groups in total. The molecular weight excluding hydrogens is 426 g/mol. The number of carbonyl (C=O) groups excluding carboxylic acids is 1. The van der Waals surface area contributed by atoms with E-state index >= 15 is 0 Å². The number of halogens is 1. The molecule has 0 unspecified atom stereocenters. The molecule has 0 spiro atoms. The van der Waals surface area contributed by atoms with E-state index in [4.69, 9.17) is 16.3 Å². The molecule has 1 aliphatic rings. The van der Waals surface area contributed by atoms with Crippen molar-refractivity contribution < 1.29 is 17.9 Å². The van der Waals surface area contributed by atoms with Gasteiger partial charge in [0.2, 0.25) is 10.0 Å². The van der Waals surface area contributed by atoms with Crippen LogP contribution in [-0.4, -0.2) is 49.0 Å². The van der Waals surface area contributed by atoms with E-state index in [0.29, 0.717) is 24.4 Å². The van der Waals surface area contributed by atoms with Crippen LogP contribution in [0.3, 0.4) is 0 Å². The molecule has 7 nitrogen and oxygen atoms in total. The molecule has 2 heterocycles. The maximum atomic E-state index is 13.2. The first-order valence-corrected chi connectivity index (χ1v) is 11.8. The zero-order valence-corrected chi connectivity index (χ0v) is 18.4. The van der Waals surface area contributed by atoms with Crippen LogP contribution >= 0.6 is 11.6 Å². The van der Waals surface area contributed by atoms with Crippen LogP contribution in [0, 0.1) is 0 Å². The molecule has 1 fully saturated rings. The smallest absolute Gasteiger partial charge is 0.407 e. The molecule has 2 atom stereocenters. The summed E-state index contributed by atoms with van der Waals surface area (Å²) in [6.07, 6.45) is 5.81. The highest BCUT2D eigenvalue weighted by Crippen LogP contribution is 2.30. The molecule has 0 saturated carbocycles. The molecule has 1 aromatic heterocycles. The fourth-order valence-corrected chi connectivity index (χ4v) is 5.65. The van der Waals surface area contributed by atoms with E-state index in [9.17, 15) is 13.2 Å². The highest BCUT2D eigenvalue weighted by Gasteiger charge is 2.38. The van der Waals surface area contributed by atoms with Gasteiger partial charge in [-0.2, -0.15) is 4.31 Å². The van der Waals surface area contributed by atoms with Gasteiger partial charge in [-0.25, -0.2) is 13.2 Å². The van der Waals surface area contributed by atoms with Crippen LogP contribution in [0.4, 0.5) is 4.79 Å². The summed E-state index contributed by atoms with van der Waals surface area (Å²) in [7, 11) is -3.72. The maximum Gasteiger partial charge on any atom is 0.407 e. The highest BCUT2D eigenvalue weighted by atomic mass is 35.5. The van der Waals surface area contributed by atoms with Gasteiger partial charge < -0.3 is 10.1 Å². The summed E-state index contributed by atoms with van der Waals surface area (Å²) in [5, 5.41) is 3.18. The quantitative estimate of drug-likeness (QED) is 0.694. The molecule has 9 heteroatoms. The lowest BCUT2D eigenvalue weighted by Gasteiger charge is -2.39. The minimum absolute atomic E-state index is 0.00981. The van der Waals surface area contributed by atoms with Crippen molar-refractivity contribution in [2.24, 2.45) is 0 Å². The molecule has 1 amide bonds. The number of amides is 1. The minimum Gasteiger partial charge on any atom is -0.448 e. The number of nitrogens with one attached hydrogen (secondary N) is 1. The predicted octanol–water partition coefficient (Wildman–Crippen LogP) is 3.64. The number of aromatic nitrogens is 1. The summed E-state index contributed by atoms with van der Waals surface area (Å²) in [5.74, 6) is 0. The van der Waals surface area contributed by atoms with E-state index in [0.717, 1.165) is 18.4 Å². The third kappa shape index (κ3) is 5.71. The Morgan fingerprint density at radius 2 is 2.03 bits per heavy atom. The van der Waals surface area contributed by atoms with Crippen molar-refractivity contribution in [2.45, 2.75) is 49.6 Å². The fourth-order valence-electron chi connectivity index (χ4n) is 3.66. The zero-order valence-electron chi connectivity index (χ0n) is 16.8. The first-order chi connectivity index (χ1) is 14.4. The summed E-state index contributed by atoms with van der Waals surface area (Å²) in [4.78, 5) is 16.3. The van der Waals surface area contributed by atoms with Gasteiger partial charge in [-0.05, 0) is 62.1 Å². The summed E-state index contributed by atoms with van der Waals surface area (Å²) < 4.78 is 33.3. The molecule has 1 aliphatic heterocycles. The number of alkyl carbamates (subject to hydrolysis) is 1. The first kappa shape index (κ1) is 22.5. The Morgan fingerprint density at radius 3 is 2.73 bits per heavy atom. The van der Waals surface area contributed by atoms with Gasteiger partial charge >= 0.3 is 6.09 Å². The molecule has 1 saturated heterocycles. The maximum absolute atomic E-state index is 13.2. The summed E-state index contributed by atoms with van der Waals surface area (Å²) in [6.45, 7) is 2.31. The van der Waals surface area contributed by atoms with Crippen LogP contribution in [0.15, 0.2) is 53.7 Å². The molecule has 0 aliphatic carbocycles. The van der Waals surface area contributed by atoms with Crippen molar-refractivity contribution in [3.63, 3.8) is 0 Å². The number of ether oxygens (including phenoxy) is 1. The van der Waals surface area contributed by atoms with Crippen molar-refractivity contribution in [1.82, 2.24) is 14.6 Å². The molecular formula is C21H26ClN3O4S. The molecule has 1 aromatic carbocycles. The van der Waals surface area contributed by atoms with E-state index in [2.05, 4.69) is 10.3 Å². The Kier molecular flexibility index (Phi) is 7.69. The lowest BCUT2D eigenvalue weighted by Crippen LogP contribution is -2.51. The second-order valence-electron chi connectivity index (χ2n) is 7.36. The topological polar surface area (TPSA) is 88.6 Å². The number of nitrogens with zero attached hydrogens (tertiary/aromatic N) is 2. The molecule has 162 valence electrons. The molecule has 3 rings (SSSR count). The van der Waals surface area contributed by atoms with Crippen LogP contribution in [0.2, 0.25) is 5.02 Å². The van der Waals surface area contributed by atoms with E-state index in [1.807, 2.05) is 19.1 Å². The van der Waals surface area contributed by atoms with E-state index in [1.54, 1.807) is 24.5 Å². The summed E-state index contributed by atoms with van der Waals surface area (Å²) >= 11 is 5.89. The highest BCUT2D eigenvalue weighted by molar-refractivity contribution is 7.89. The van der Waals surface area contributed by atoms with Crippen molar-refractivity contribution in [3.8, 4) is 0 Å². The number of pyridine rings is 1. The summed E-state index contributed by atoms with van der Waals surface area (Å²) in [6, 6.07) is 9.31. The lowest BCUT2D eigenvalue weighted by molar-refractivity contribution is 0.0894. The number of piperidine rings is 1. The van der Waals surface area contributed by atoms with E-state index < -0.39 is 22.2 Å². The van der Waals surface area contributed by atoms with Crippen molar-refractivity contribution in [1.29, 1.82) is 0 Å². The van der Waals surface area contributed by atoms with E-state index in [1.165, 1.54) is 16.4 Å². The van der Waals surface area contributed by atoms with Crippen LogP contribution in [-0.2, 0) is 21.2 Å². The van der Waals surface area contributed by atoms with Crippen LogP contribution < -0.4 is 5.32 Å². The number of carbonyl (C=O) groups is 1. The standard InChI is InChI=1S/C21H26ClN3O4S/c1-16-4-2-6-19(25(16)30(27,28)20-9-7-18(22)8-10-20)15-29-21(26)24-13-11-17-5-3-12-23-14-17/h3,5,7-10,12,14,16,19H,2,4,6,11,13,15H2,1H3,(H,24,26)/t16-,19-/m1/s1. The van der Waals surface area contributed by atoms with Gasteiger partial charge in [0, 0.05) is 30.0 Å². The Morgan fingerprint density at radius 1 is 1.27 bits per heavy atom. The van der Waals surface area contributed by atoms with Gasteiger partial charge in [0.05, 0.1) is 10.9 Å². The Labute approximate surface area is 182 Å². The second-order valence-corrected chi connectivity index (χ2v) is 9.64. The summed E-state index contributed by atoms with van der Waals surface area (Å²) in [5.41, 5.74) is 1.01. The van der Waals surface area contributed by atoms with Gasteiger partial charge in [0.15, 0.2) is 0 Å².